The van der Waals surface area contributed by atoms with E-state index in [0.717, 1.165) is 39.0 Å². The Labute approximate surface area is 147 Å². The van der Waals surface area contributed by atoms with E-state index in [1.165, 1.54) is 11.1 Å². The van der Waals surface area contributed by atoms with Crippen LogP contribution in [-0.4, -0.2) is 41.4 Å². The van der Waals surface area contributed by atoms with Crippen LogP contribution in [0.15, 0.2) is 48.5 Å². The van der Waals surface area contributed by atoms with Gasteiger partial charge in [-0.3, -0.25) is 9.69 Å². The molecule has 2 aliphatic heterocycles. The van der Waals surface area contributed by atoms with Gasteiger partial charge in [0.05, 0.1) is 0 Å². The summed E-state index contributed by atoms with van der Waals surface area (Å²) in [4.78, 5) is 17.2. The fourth-order valence-electron chi connectivity index (χ4n) is 3.86. The average Bonchev–Trinajstić information content (AvgIpc) is 3.11. The zero-order valence-corrected chi connectivity index (χ0v) is 14.4. The predicted octanol–water partition coefficient (Wildman–Crippen LogP) is 3.61. The maximum absolute atomic E-state index is 12.7. The van der Waals surface area contributed by atoms with Gasteiger partial charge >= 0.3 is 0 Å². The molecule has 0 spiro atoms. The number of hydrogen-bond acceptors (Lipinski definition) is 2. The summed E-state index contributed by atoms with van der Waals surface area (Å²) in [7, 11) is 0. The van der Waals surface area contributed by atoms with Gasteiger partial charge in [-0.15, -0.1) is 0 Å². The summed E-state index contributed by atoms with van der Waals surface area (Å²) in [6, 6.07) is 16.4. The molecule has 124 valence electrons. The van der Waals surface area contributed by atoms with Crippen LogP contribution in [-0.2, 0) is 13.0 Å². The van der Waals surface area contributed by atoms with Crippen molar-refractivity contribution < 1.29 is 4.79 Å². The van der Waals surface area contributed by atoms with E-state index in [-0.39, 0.29) is 5.91 Å². The van der Waals surface area contributed by atoms with Crippen molar-refractivity contribution in [3.05, 3.63) is 70.2 Å². The number of hydrogen-bond donors (Lipinski definition) is 0. The Morgan fingerprint density at radius 3 is 2.71 bits per heavy atom. The molecule has 0 saturated carbocycles. The third kappa shape index (κ3) is 3.06. The largest absolute Gasteiger partial charge is 0.337 e. The minimum Gasteiger partial charge on any atom is -0.337 e. The molecule has 1 atom stereocenters. The SMILES string of the molecule is O=C(c1cccc(Cl)c1)N1CC[C@@H](N2CCc3ccccc3C2)C1. The number of carbonyl (C=O) groups excluding carboxylic acids is 1. The Kier molecular flexibility index (Phi) is 4.30. The zero-order valence-electron chi connectivity index (χ0n) is 13.6. The molecule has 0 aromatic heterocycles. The number of carbonyl (C=O) groups is 1. The number of rotatable bonds is 2. The monoisotopic (exact) mass is 340 g/mol. The summed E-state index contributed by atoms with van der Waals surface area (Å²) >= 11 is 6.01. The van der Waals surface area contributed by atoms with Crippen molar-refractivity contribution in [2.45, 2.75) is 25.4 Å². The van der Waals surface area contributed by atoms with E-state index in [9.17, 15) is 4.79 Å². The molecule has 1 amide bonds. The van der Waals surface area contributed by atoms with Gasteiger partial charge in [0.2, 0.25) is 0 Å². The Bertz CT molecular complexity index is 761. The highest BCUT2D eigenvalue weighted by Crippen LogP contribution is 2.25. The first-order chi connectivity index (χ1) is 11.7. The van der Waals surface area contributed by atoms with Gasteiger partial charge in [0.1, 0.15) is 0 Å². The molecule has 0 bridgehead atoms. The van der Waals surface area contributed by atoms with Crippen LogP contribution in [0.5, 0.6) is 0 Å². The zero-order chi connectivity index (χ0) is 16.5. The average molecular weight is 341 g/mol. The lowest BCUT2D eigenvalue weighted by atomic mass is 9.98. The van der Waals surface area contributed by atoms with E-state index in [2.05, 4.69) is 29.2 Å². The quantitative estimate of drug-likeness (QED) is 0.833. The summed E-state index contributed by atoms with van der Waals surface area (Å²) in [5, 5.41) is 0.615. The number of benzene rings is 2. The highest BCUT2D eigenvalue weighted by atomic mass is 35.5. The fraction of sp³-hybridized carbons (Fsp3) is 0.350. The Balaban J connectivity index is 1.43. The van der Waals surface area contributed by atoms with E-state index in [1.807, 2.05) is 17.0 Å². The predicted molar refractivity (Wildman–Crippen MR) is 96.3 cm³/mol. The molecule has 1 saturated heterocycles. The molecule has 2 heterocycles. The van der Waals surface area contributed by atoms with Crippen molar-refractivity contribution in [1.29, 1.82) is 0 Å². The first kappa shape index (κ1) is 15.7. The minimum atomic E-state index is 0.0948. The molecular formula is C20H21ClN2O. The van der Waals surface area contributed by atoms with Crippen LogP contribution in [0.4, 0.5) is 0 Å². The fourth-order valence-corrected chi connectivity index (χ4v) is 4.05. The standard InChI is InChI=1S/C20H21ClN2O/c21-18-7-3-6-16(12-18)20(24)23-11-9-19(14-23)22-10-8-15-4-1-2-5-17(15)13-22/h1-7,12,19H,8-11,13-14H2/t19-/m1/s1. The highest BCUT2D eigenvalue weighted by molar-refractivity contribution is 6.30. The molecule has 2 aromatic carbocycles. The van der Waals surface area contributed by atoms with E-state index < -0.39 is 0 Å². The number of likely N-dealkylation sites (tertiary alicyclic amines) is 1. The second-order valence-corrected chi connectivity index (χ2v) is 7.13. The summed E-state index contributed by atoms with van der Waals surface area (Å²) < 4.78 is 0. The van der Waals surface area contributed by atoms with Crippen molar-refractivity contribution in [2.75, 3.05) is 19.6 Å². The molecule has 0 radical (unpaired) electrons. The van der Waals surface area contributed by atoms with E-state index in [0.29, 0.717) is 16.6 Å². The van der Waals surface area contributed by atoms with Crippen molar-refractivity contribution in [3.8, 4) is 0 Å². The molecule has 24 heavy (non-hydrogen) atoms. The van der Waals surface area contributed by atoms with Crippen LogP contribution in [0.3, 0.4) is 0 Å². The lowest BCUT2D eigenvalue weighted by Crippen LogP contribution is -2.41. The van der Waals surface area contributed by atoms with Gasteiger partial charge in [0.25, 0.3) is 5.91 Å². The lowest BCUT2D eigenvalue weighted by molar-refractivity contribution is 0.0773. The second-order valence-electron chi connectivity index (χ2n) is 6.69. The van der Waals surface area contributed by atoms with Gasteiger partial charge in [-0.25, -0.2) is 0 Å². The van der Waals surface area contributed by atoms with Crippen LogP contribution in [0, 0.1) is 0 Å². The minimum absolute atomic E-state index is 0.0948. The van der Waals surface area contributed by atoms with Crippen molar-refractivity contribution >= 4 is 17.5 Å². The van der Waals surface area contributed by atoms with Crippen molar-refractivity contribution in [3.63, 3.8) is 0 Å². The van der Waals surface area contributed by atoms with Gasteiger partial charge in [-0.05, 0) is 42.2 Å². The smallest absolute Gasteiger partial charge is 0.253 e. The Morgan fingerprint density at radius 2 is 1.88 bits per heavy atom. The third-order valence-corrected chi connectivity index (χ3v) is 5.43. The maximum atomic E-state index is 12.7. The summed E-state index contributed by atoms with van der Waals surface area (Å²) in [5.41, 5.74) is 3.59. The molecule has 3 nitrogen and oxygen atoms in total. The van der Waals surface area contributed by atoms with Crippen LogP contribution in [0.25, 0.3) is 0 Å². The number of halogens is 1. The summed E-state index contributed by atoms with van der Waals surface area (Å²) in [6.07, 6.45) is 2.16. The topological polar surface area (TPSA) is 23.6 Å². The van der Waals surface area contributed by atoms with Crippen molar-refractivity contribution in [1.82, 2.24) is 9.80 Å². The van der Waals surface area contributed by atoms with Gasteiger partial charge in [-0.1, -0.05) is 41.9 Å². The maximum Gasteiger partial charge on any atom is 0.253 e. The first-order valence-electron chi connectivity index (χ1n) is 8.56. The first-order valence-corrected chi connectivity index (χ1v) is 8.94. The Hall–Kier alpha value is -1.84. The van der Waals surface area contributed by atoms with Crippen LogP contribution in [0.2, 0.25) is 5.02 Å². The number of fused-ring (bicyclic) bond motifs is 1. The van der Waals surface area contributed by atoms with Crippen LogP contribution < -0.4 is 0 Å². The molecule has 0 unspecified atom stereocenters. The molecule has 1 fully saturated rings. The molecule has 4 heteroatoms. The number of nitrogens with zero attached hydrogens (tertiary/aromatic N) is 2. The highest BCUT2D eigenvalue weighted by Gasteiger charge is 2.32. The molecular weight excluding hydrogens is 320 g/mol. The lowest BCUT2D eigenvalue weighted by Gasteiger charge is -2.33. The Morgan fingerprint density at radius 1 is 1.04 bits per heavy atom. The number of amides is 1. The second kappa shape index (κ2) is 6.58. The van der Waals surface area contributed by atoms with Crippen LogP contribution >= 0.6 is 11.6 Å². The summed E-state index contributed by atoms with van der Waals surface area (Å²) in [5.74, 6) is 0.0948. The van der Waals surface area contributed by atoms with Gasteiger partial charge in [0, 0.05) is 42.8 Å². The molecule has 2 aliphatic rings. The van der Waals surface area contributed by atoms with E-state index in [1.54, 1.807) is 12.1 Å². The van der Waals surface area contributed by atoms with E-state index in [4.69, 9.17) is 11.6 Å². The van der Waals surface area contributed by atoms with Gasteiger partial charge in [-0.2, -0.15) is 0 Å². The van der Waals surface area contributed by atoms with Gasteiger partial charge in [0.15, 0.2) is 0 Å². The molecule has 2 aromatic rings. The van der Waals surface area contributed by atoms with Crippen molar-refractivity contribution in [2.24, 2.45) is 0 Å². The molecule has 0 N–H and O–H groups in total. The van der Waals surface area contributed by atoms with Gasteiger partial charge < -0.3 is 4.90 Å². The molecule has 0 aliphatic carbocycles. The normalized spacial score (nSPS) is 20.9. The molecule has 4 rings (SSSR count). The van der Waals surface area contributed by atoms with E-state index >= 15 is 0 Å². The summed E-state index contributed by atoms with van der Waals surface area (Å²) in [6.45, 7) is 3.72. The third-order valence-electron chi connectivity index (χ3n) is 5.20. The van der Waals surface area contributed by atoms with Crippen LogP contribution in [0.1, 0.15) is 27.9 Å².